The highest BCUT2D eigenvalue weighted by Crippen LogP contribution is 2.44. The predicted octanol–water partition coefficient (Wildman–Crippen LogP) is 6.18. The van der Waals surface area contributed by atoms with Gasteiger partial charge in [-0.05, 0) is 30.3 Å². The molecule has 0 aromatic heterocycles. The highest BCUT2D eigenvalue weighted by Gasteiger charge is 2.44. The van der Waals surface area contributed by atoms with E-state index in [9.17, 15) is 61.1 Å². The average Bonchev–Trinajstić information content (AvgIpc) is 2.57. The van der Waals surface area contributed by atoms with Crippen molar-refractivity contribution >= 4 is 15.5 Å². The van der Waals surface area contributed by atoms with Crippen LogP contribution in [0, 0.1) is 0 Å². The summed E-state index contributed by atoms with van der Waals surface area (Å²) in [4.78, 5) is -4.18. The smallest absolute Gasteiger partial charge is 0.398 e. The highest BCUT2D eigenvalue weighted by molar-refractivity contribution is 7.91. The van der Waals surface area contributed by atoms with Crippen LogP contribution in [0.2, 0.25) is 0 Å². The molecule has 2 rings (SSSR count). The average molecular weight is 505 g/mol. The van der Waals surface area contributed by atoms with Crippen LogP contribution in [0.15, 0.2) is 40.1 Å². The first-order valence-corrected chi connectivity index (χ1v) is 9.17. The first-order chi connectivity index (χ1) is 14.1. The Balaban J connectivity index is 2.98. The monoisotopic (exact) mass is 505 g/mol. The summed E-state index contributed by atoms with van der Waals surface area (Å²) in [5, 5.41) is 0. The quantitative estimate of drug-likeness (QED) is 0.392. The van der Waals surface area contributed by atoms with Crippen LogP contribution in [-0.2, 0) is 34.5 Å². The summed E-state index contributed by atoms with van der Waals surface area (Å²) in [5.74, 6) is 0. The lowest BCUT2D eigenvalue weighted by molar-refractivity contribution is -0.143. The molecule has 0 aliphatic heterocycles. The van der Waals surface area contributed by atoms with Gasteiger partial charge in [-0.25, -0.2) is 8.42 Å². The Morgan fingerprint density at radius 1 is 0.562 bits per heavy atom. The molecule has 0 saturated heterocycles. The molecule has 2 aromatic rings. The molecule has 32 heavy (non-hydrogen) atoms. The van der Waals surface area contributed by atoms with Gasteiger partial charge in [-0.3, -0.25) is 0 Å². The van der Waals surface area contributed by atoms with Gasteiger partial charge < -0.3 is 5.73 Å². The number of alkyl halides is 12. The van der Waals surface area contributed by atoms with Crippen molar-refractivity contribution in [2.75, 3.05) is 5.73 Å². The molecule has 0 heterocycles. The molecule has 178 valence electrons. The van der Waals surface area contributed by atoms with E-state index in [1.54, 1.807) is 0 Å². The third-order valence-corrected chi connectivity index (χ3v) is 5.70. The van der Waals surface area contributed by atoms with Crippen molar-refractivity contribution in [2.24, 2.45) is 0 Å². The van der Waals surface area contributed by atoms with E-state index in [4.69, 9.17) is 5.73 Å². The Morgan fingerprint density at radius 3 is 1.31 bits per heavy atom. The molecule has 2 N–H and O–H groups in total. The molecule has 0 spiro atoms. The van der Waals surface area contributed by atoms with Crippen LogP contribution in [0.3, 0.4) is 0 Å². The summed E-state index contributed by atoms with van der Waals surface area (Å²) < 4.78 is 182. The van der Waals surface area contributed by atoms with Gasteiger partial charge in [-0.15, -0.1) is 0 Å². The fourth-order valence-corrected chi connectivity index (χ4v) is 4.05. The lowest BCUT2D eigenvalue weighted by Crippen LogP contribution is -2.19. The molecule has 0 atom stereocenters. The van der Waals surface area contributed by atoms with Gasteiger partial charge in [-0.1, -0.05) is 0 Å². The van der Waals surface area contributed by atoms with Gasteiger partial charge in [0.25, 0.3) is 0 Å². The number of benzene rings is 2. The van der Waals surface area contributed by atoms with Crippen molar-refractivity contribution in [2.45, 2.75) is 34.5 Å². The molecule has 0 amide bonds. The third kappa shape index (κ3) is 5.05. The molecule has 0 saturated carbocycles. The van der Waals surface area contributed by atoms with E-state index >= 15 is 0 Å². The Labute approximate surface area is 170 Å². The number of sulfone groups is 1. The second-order valence-corrected chi connectivity index (χ2v) is 8.09. The zero-order chi connectivity index (χ0) is 25.1. The lowest BCUT2D eigenvalue weighted by atomic mass is 10.1. The maximum Gasteiger partial charge on any atom is 0.418 e. The number of rotatable bonds is 2. The topological polar surface area (TPSA) is 60.2 Å². The fourth-order valence-electron chi connectivity index (χ4n) is 2.49. The van der Waals surface area contributed by atoms with Crippen molar-refractivity contribution in [1.82, 2.24) is 0 Å². The summed E-state index contributed by atoms with van der Waals surface area (Å²) in [5.41, 5.74) is -5.47. The number of nitrogen functional groups attached to an aromatic ring is 1. The van der Waals surface area contributed by atoms with E-state index in [2.05, 4.69) is 0 Å². The minimum Gasteiger partial charge on any atom is -0.398 e. The molecular formula is C16H7F12NO2S. The zero-order valence-corrected chi connectivity index (χ0v) is 15.5. The van der Waals surface area contributed by atoms with Gasteiger partial charge in [-0.2, -0.15) is 52.7 Å². The highest BCUT2D eigenvalue weighted by atomic mass is 32.2. The Bertz CT molecular complexity index is 1110. The van der Waals surface area contributed by atoms with Crippen molar-refractivity contribution < 1.29 is 61.1 Å². The fraction of sp³-hybridized carbons (Fsp3) is 0.250. The molecule has 0 bridgehead atoms. The summed E-state index contributed by atoms with van der Waals surface area (Å²) in [7, 11) is -5.99. The van der Waals surface area contributed by atoms with Gasteiger partial charge in [0.05, 0.1) is 32.0 Å². The molecular weight excluding hydrogens is 498 g/mol. The van der Waals surface area contributed by atoms with Crippen LogP contribution < -0.4 is 5.73 Å². The van der Waals surface area contributed by atoms with Gasteiger partial charge >= 0.3 is 24.7 Å². The number of hydrogen-bond donors (Lipinski definition) is 1. The Morgan fingerprint density at radius 2 is 0.969 bits per heavy atom. The van der Waals surface area contributed by atoms with E-state index < -0.39 is 103 Å². The largest absolute Gasteiger partial charge is 0.418 e. The standard InChI is InChI=1S/C16H7F12NO2S/c17-13(18,19)6-1-7(14(20,21)22)3-8(2-6)32(30,31)12-5-9(15(23,24)25)11(29)4-10(12)16(26,27)28/h1-5H,29H2. The van der Waals surface area contributed by atoms with E-state index in [-0.39, 0.29) is 0 Å². The molecule has 2 aromatic carbocycles. The molecule has 0 aliphatic rings. The number of hydrogen-bond acceptors (Lipinski definition) is 3. The van der Waals surface area contributed by atoms with E-state index in [1.165, 1.54) is 0 Å². The third-order valence-electron chi connectivity index (χ3n) is 3.92. The molecule has 0 radical (unpaired) electrons. The molecule has 0 aliphatic carbocycles. The maximum atomic E-state index is 13.3. The van der Waals surface area contributed by atoms with E-state index in [0.29, 0.717) is 0 Å². The molecule has 0 unspecified atom stereocenters. The van der Waals surface area contributed by atoms with Gasteiger partial charge in [0.2, 0.25) is 9.84 Å². The second-order valence-electron chi connectivity index (χ2n) is 6.18. The van der Waals surface area contributed by atoms with Crippen LogP contribution >= 0.6 is 0 Å². The van der Waals surface area contributed by atoms with Crippen LogP contribution in [0.1, 0.15) is 22.3 Å². The van der Waals surface area contributed by atoms with Gasteiger partial charge in [0.1, 0.15) is 0 Å². The molecule has 0 fully saturated rings. The van der Waals surface area contributed by atoms with Crippen molar-refractivity contribution in [3.05, 3.63) is 52.6 Å². The second kappa shape index (κ2) is 7.45. The van der Waals surface area contributed by atoms with E-state index in [0.717, 1.165) is 0 Å². The maximum absolute atomic E-state index is 13.3. The predicted molar refractivity (Wildman–Crippen MR) is 82.8 cm³/mol. The first-order valence-electron chi connectivity index (χ1n) is 7.68. The summed E-state index contributed by atoms with van der Waals surface area (Å²) in [6.07, 6.45) is -22.3. The van der Waals surface area contributed by atoms with Gasteiger partial charge in [0, 0.05) is 5.69 Å². The normalized spacial score (nSPS) is 14.0. The van der Waals surface area contributed by atoms with Crippen LogP contribution in [0.5, 0.6) is 0 Å². The number of anilines is 1. The zero-order valence-electron chi connectivity index (χ0n) is 14.7. The minimum atomic E-state index is -5.99. The van der Waals surface area contributed by atoms with Crippen molar-refractivity contribution in [1.29, 1.82) is 0 Å². The van der Waals surface area contributed by atoms with Crippen molar-refractivity contribution in [3.8, 4) is 0 Å². The summed E-state index contributed by atoms with van der Waals surface area (Å²) >= 11 is 0. The van der Waals surface area contributed by atoms with Gasteiger partial charge in [0.15, 0.2) is 0 Å². The summed E-state index contributed by atoms with van der Waals surface area (Å²) in [6, 6.07) is -2.37. The summed E-state index contributed by atoms with van der Waals surface area (Å²) in [6.45, 7) is 0. The number of halogens is 12. The van der Waals surface area contributed by atoms with Crippen LogP contribution in [0.25, 0.3) is 0 Å². The van der Waals surface area contributed by atoms with Crippen LogP contribution in [0.4, 0.5) is 58.4 Å². The Hall–Kier alpha value is -2.65. The van der Waals surface area contributed by atoms with Crippen molar-refractivity contribution in [3.63, 3.8) is 0 Å². The van der Waals surface area contributed by atoms with E-state index in [1.807, 2.05) is 0 Å². The lowest BCUT2D eigenvalue weighted by Gasteiger charge is -2.19. The Kier molecular flexibility index (Phi) is 5.96. The van der Waals surface area contributed by atoms with Crippen LogP contribution in [-0.4, -0.2) is 8.42 Å². The minimum absolute atomic E-state index is 0.422. The first kappa shape index (κ1) is 25.6. The molecule has 16 heteroatoms. The SMILES string of the molecule is Nc1cc(C(F)(F)F)c(S(=O)(=O)c2cc(C(F)(F)F)cc(C(F)(F)F)c2)cc1C(F)(F)F. The number of nitrogens with two attached hydrogens (primary N) is 1. The molecule has 3 nitrogen and oxygen atoms in total.